The topological polar surface area (TPSA) is 96.2 Å². The van der Waals surface area contributed by atoms with E-state index in [1.807, 2.05) is 0 Å². The maximum atomic E-state index is 12.0. The van der Waals surface area contributed by atoms with E-state index in [1.165, 1.54) is 64.2 Å². The van der Waals surface area contributed by atoms with Gasteiger partial charge in [0, 0.05) is 6.42 Å². The first-order valence-corrected chi connectivity index (χ1v) is 11.4. The third-order valence-electron chi connectivity index (χ3n) is 5.51. The molecule has 6 nitrogen and oxygen atoms in total. The van der Waals surface area contributed by atoms with E-state index in [4.69, 9.17) is 9.47 Å². The Labute approximate surface area is 170 Å². The second-order valence-electron chi connectivity index (χ2n) is 8.06. The lowest BCUT2D eigenvalue weighted by Gasteiger charge is -2.36. The molecule has 0 aromatic rings. The molecule has 166 valence electrons. The first-order valence-electron chi connectivity index (χ1n) is 11.4. The average Bonchev–Trinajstić information content (AvgIpc) is 2.69. The van der Waals surface area contributed by atoms with Crippen LogP contribution < -0.4 is 0 Å². The van der Waals surface area contributed by atoms with Crippen molar-refractivity contribution in [3.8, 4) is 0 Å². The van der Waals surface area contributed by atoms with Crippen molar-refractivity contribution >= 4 is 5.97 Å². The highest BCUT2D eigenvalue weighted by atomic mass is 16.6. The van der Waals surface area contributed by atoms with Gasteiger partial charge in [-0.3, -0.25) is 4.79 Å². The Morgan fingerprint density at radius 1 is 0.893 bits per heavy atom. The fourth-order valence-electron chi connectivity index (χ4n) is 3.65. The Kier molecular flexibility index (Phi) is 14.6. The molecular formula is C22H42O6. The van der Waals surface area contributed by atoms with E-state index in [1.54, 1.807) is 0 Å². The van der Waals surface area contributed by atoms with Crippen molar-refractivity contribution in [3.05, 3.63) is 0 Å². The van der Waals surface area contributed by atoms with E-state index in [0.717, 1.165) is 19.3 Å². The van der Waals surface area contributed by atoms with E-state index in [2.05, 4.69) is 6.92 Å². The van der Waals surface area contributed by atoms with Crippen LogP contribution in [0.4, 0.5) is 0 Å². The van der Waals surface area contributed by atoms with Gasteiger partial charge in [0.25, 0.3) is 0 Å². The van der Waals surface area contributed by atoms with Crippen molar-refractivity contribution in [2.24, 2.45) is 0 Å². The van der Waals surface area contributed by atoms with Crippen molar-refractivity contribution in [1.29, 1.82) is 0 Å². The normalized spacial score (nSPS) is 25.0. The molecule has 4 atom stereocenters. The highest BCUT2D eigenvalue weighted by molar-refractivity contribution is 5.69. The molecule has 0 amide bonds. The number of hydrogen-bond donors (Lipinski definition) is 3. The summed E-state index contributed by atoms with van der Waals surface area (Å²) in [4.78, 5) is 12.0. The van der Waals surface area contributed by atoms with Crippen molar-refractivity contribution in [3.63, 3.8) is 0 Å². The minimum Gasteiger partial charge on any atom is -0.457 e. The number of ether oxygens (including phenoxy) is 2. The molecule has 0 aromatic heterocycles. The highest BCUT2D eigenvalue weighted by Crippen LogP contribution is 2.20. The molecule has 0 spiro atoms. The minimum absolute atomic E-state index is 0.0701. The highest BCUT2D eigenvalue weighted by Gasteiger charge is 2.41. The molecule has 0 bridgehead atoms. The fourth-order valence-corrected chi connectivity index (χ4v) is 3.65. The van der Waals surface area contributed by atoms with Crippen molar-refractivity contribution in [2.45, 2.75) is 121 Å². The summed E-state index contributed by atoms with van der Waals surface area (Å²) in [5, 5.41) is 28.8. The molecule has 0 unspecified atom stereocenters. The largest absolute Gasteiger partial charge is 0.457 e. The summed E-state index contributed by atoms with van der Waals surface area (Å²) < 4.78 is 10.5. The minimum atomic E-state index is -1.22. The van der Waals surface area contributed by atoms with Gasteiger partial charge in [0.05, 0.1) is 13.2 Å². The molecule has 0 aromatic carbocycles. The zero-order chi connectivity index (χ0) is 20.6. The Hall–Kier alpha value is -0.690. The Morgan fingerprint density at radius 2 is 1.39 bits per heavy atom. The predicted molar refractivity (Wildman–Crippen MR) is 109 cm³/mol. The molecule has 3 N–H and O–H groups in total. The Morgan fingerprint density at radius 3 is 1.89 bits per heavy atom. The lowest BCUT2D eigenvalue weighted by atomic mass is 10.0. The van der Waals surface area contributed by atoms with Crippen LogP contribution in [0.5, 0.6) is 0 Å². The maximum Gasteiger partial charge on any atom is 0.306 e. The van der Waals surface area contributed by atoms with Gasteiger partial charge >= 0.3 is 5.97 Å². The van der Waals surface area contributed by atoms with E-state index in [-0.39, 0.29) is 19.6 Å². The second-order valence-corrected chi connectivity index (χ2v) is 8.06. The zero-order valence-corrected chi connectivity index (χ0v) is 17.7. The second kappa shape index (κ2) is 16.1. The summed E-state index contributed by atoms with van der Waals surface area (Å²) in [6, 6.07) is 0. The summed E-state index contributed by atoms with van der Waals surface area (Å²) in [5.41, 5.74) is 0. The van der Waals surface area contributed by atoms with Gasteiger partial charge < -0.3 is 24.8 Å². The first kappa shape index (κ1) is 25.3. The molecule has 0 aliphatic carbocycles. The van der Waals surface area contributed by atoms with Crippen LogP contribution in [0.15, 0.2) is 0 Å². The third kappa shape index (κ3) is 10.7. The van der Waals surface area contributed by atoms with Gasteiger partial charge in [-0.2, -0.15) is 0 Å². The SMILES string of the molecule is CCCCCCCCCCCCCCCC(=O)O[C@H]1[C@H](O)[C@H](O)CO[C@@H]1CO. The van der Waals surface area contributed by atoms with E-state index < -0.39 is 30.4 Å². The summed E-state index contributed by atoms with van der Waals surface area (Å²) in [7, 11) is 0. The van der Waals surface area contributed by atoms with Crippen molar-refractivity contribution < 1.29 is 29.6 Å². The Balaban J connectivity index is 1.97. The van der Waals surface area contributed by atoms with Crippen LogP contribution in [-0.4, -0.2) is 58.9 Å². The predicted octanol–water partition coefficient (Wildman–Crippen LogP) is 3.49. The molecule has 1 aliphatic rings. The summed E-state index contributed by atoms with van der Waals surface area (Å²) in [6.07, 6.45) is 12.3. The smallest absolute Gasteiger partial charge is 0.306 e. The number of unbranched alkanes of at least 4 members (excludes halogenated alkanes) is 12. The average molecular weight is 403 g/mol. The number of hydrogen-bond acceptors (Lipinski definition) is 6. The number of aliphatic hydroxyl groups excluding tert-OH is 3. The standard InChI is InChI=1S/C22H42O6/c1-2-3-4-5-6-7-8-9-10-11-12-13-14-15-20(25)28-22-19(16-23)27-17-18(24)21(22)26/h18-19,21-24,26H,2-17H2,1H3/t18-,19-,21-,22-/m1/s1. The molecule has 1 aliphatic heterocycles. The monoisotopic (exact) mass is 402 g/mol. The van der Waals surface area contributed by atoms with E-state index >= 15 is 0 Å². The fraction of sp³-hybridized carbons (Fsp3) is 0.955. The summed E-state index contributed by atoms with van der Waals surface area (Å²) >= 11 is 0. The summed E-state index contributed by atoms with van der Waals surface area (Å²) in [6.45, 7) is 1.82. The quantitative estimate of drug-likeness (QED) is 0.270. The van der Waals surface area contributed by atoms with Gasteiger partial charge in [-0.05, 0) is 6.42 Å². The molecule has 1 rings (SSSR count). The molecule has 28 heavy (non-hydrogen) atoms. The molecule has 0 radical (unpaired) electrons. The third-order valence-corrected chi connectivity index (χ3v) is 5.51. The molecule has 1 heterocycles. The van der Waals surface area contributed by atoms with E-state index in [9.17, 15) is 20.1 Å². The van der Waals surface area contributed by atoms with Crippen molar-refractivity contribution in [2.75, 3.05) is 13.2 Å². The van der Waals surface area contributed by atoms with Gasteiger partial charge in [0.15, 0.2) is 6.10 Å². The van der Waals surface area contributed by atoms with Gasteiger partial charge in [-0.1, -0.05) is 84.0 Å². The van der Waals surface area contributed by atoms with Crippen LogP contribution in [0, 0.1) is 0 Å². The molecule has 1 saturated heterocycles. The van der Waals surface area contributed by atoms with Crippen LogP contribution in [0.1, 0.15) is 96.8 Å². The van der Waals surface area contributed by atoms with Gasteiger partial charge in [-0.15, -0.1) is 0 Å². The van der Waals surface area contributed by atoms with E-state index in [0.29, 0.717) is 0 Å². The molecule has 6 heteroatoms. The lowest BCUT2D eigenvalue weighted by molar-refractivity contribution is -0.213. The number of aliphatic hydroxyl groups is 3. The van der Waals surface area contributed by atoms with Crippen LogP contribution in [-0.2, 0) is 14.3 Å². The van der Waals surface area contributed by atoms with Gasteiger partial charge in [-0.25, -0.2) is 0 Å². The van der Waals surface area contributed by atoms with Crippen LogP contribution >= 0.6 is 0 Å². The first-order chi connectivity index (χ1) is 13.6. The molecule has 1 fully saturated rings. The Bertz CT molecular complexity index is 387. The molecule has 0 saturated carbocycles. The van der Waals surface area contributed by atoms with Gasteiger partial charge in [0.1, 0.15) is 18.3 Å². The van der Waals surface area contributed by atoms with Gasteiger partial charge in [0.2, 0.25) is 0 Å². The molecular weight excluding hydrogens is 360 g/mol. The maximum absolute atomic E-state index is 12.0. The number of esters is 1. The summed E-state index contributed by atoms with van der Waals surface area (Å²) in [5.74, 6) is -0.414. The number of carbonyl (C=O) groups is 1. The van der Waals surface area contributed by atoms with Crippen molar-refractivity contribution in [1.82, 2.24) is 0 Å². The number of rotatable bonds is 16. The number of carbonyl (C=O) groups excluding carboxylic acids is 1. The zero-order valence-electron chi connectivity index (χ0n) is 17.7. The van der Waals surface area contributed by atoms with Crippen LogP contribution in [0.25, 0.3) is 0 Å². The van der Waals surface area contributed by atoms with Crippen LogP contribution in [0.2, 0.25) is 0 Å². The lowest BCUT2D eigenvalue weighted by Crippen LogP contribution is -2.55. The van der Waals surface area contributed by atoms with Crippen LogP contribution in [0.3, 0.4) is 0 Å².